The number of nitrogens with two attached hydrogens (primary N) is 1. The number of unbranched alkanes of at least 4 members (excludes halogenated alkanes) is 1. The fourth-order valence-electron chi connectivity index (χ4n) is 2.20. The van der Waals surface area contributed by atoms with Crippen molar-refractivity contribution in [2.45, 2.75) is 12.8 Å². The predicted octanol–water partition coefficient (Wildman–Crippen LogP) is -5.49. The van der Waals surface area contributed by atoms with Crippen molar-refractivity contribution in [1.82, 2.24) is 9.80 Å². The van der Waals surface area contributed by atoms with Crippen LogP contribution in [0.15, 0.2) is 16.5 Å². The number of hydrogen-bond acceptors (Lipinski definition) is 6. The Morgan fingerprint density at radius 2 is 2.16 bits per heavy atom. The van der Waals surface area contributed by atoms with Gasteiger partial charge in [-0.05, 0) is 12.8 Å². The maximum atomic E-state index is 12.1. The van der Waals surface area contributed by atoms with Crippen molar-refractivity contribution in [3.63, 3.8) is 0 Å². The molecule has 0 saturated carbocycles. The zero-order chi connectivity index (χ0) is 13.3. The van der Waals surface area contributed by atoms with Gasteiger partial charge in [0.05, 0.1) is 13.7 Å². The number of carbonyl (C=O) groups is 1. The summed E-state index contributed by atoms with van der Waals surface area (Å²) < 4.78 is 0. The maximum Gasteiger partial charge on any atom is 0.371 e. The van der Waals surface area contributed by atoms with E-state index in [4.69, 9.17) is 10.8 Å². The van der Waals surface area contributed by atoms with Crippen LogP contribution >= 0.6 is 0 Å². The number of halogens is 1. The molecule has 4 N–H and O–H groups in total. The zero-order valence-electron chi connectivity index (χ0n) is 11.2. The Hall–Kier alpha value is -0.870. The average Bonchev–Trinajstić information content (AvgIpc) is 2.63. The number of hydrogen-bond donors (Lipinski definition) is 3. The van der Waals surface area contributed by atoms with Crippen molar-refractivity contribution in [2.75, 3.05) is 33.9 Å². The van der Waals surface area contributed by atoms with Gasteiger partial charge in [-0.25, -0.2) is 9.69 Å². The van der Waals surface area contributed by atoms with Gasteiger partial charge in [0, 0.05) is 20.2 Å². The number of nitrogens with zero attached hydrogens (tertiary/aromatic N) is 3. The van der Waals surface area contributed by atoms with Crippen LogP contribution in [0.25, 0.3) is 0 Å². The molecule has 2 aliphatic rings. The molecule has 0 fully saturated rings. The molecule has 0 bridgehead atoms. The second kappa shape index (κ2) is 6.53. The molecular weight excluding hydrogens is 361 g/mol. The number of aliphatic hydroxyl groups excluding tert-OH is 1. The lowest BCUT2D eigenvalue weighted by Crippen LogP contribution is -3.16. The van der Waals surface area contributed by atoms with E-state index in [0.717, 1.165) is 19.4 Å². The number of guanidine groups is 1. The van der Waals surface area contributed by atoms with Crippen LogP contribution in [-0.4, -0.2) is 60.7 Å². The summed E-state index contributed by atoms with van der Waals surface area (Å²) >= 11 is 0. The Bertz CT molecular complexity index is 423. The van der Waals surface area contributed by atoms with E-state index < -0.39 is 0 Å². The van der Waals surface area contributed by atoms with Crippen LogP contribution in [0.5, 0.6) is 0 Å². The standard InChI is InChI=1S/C11H19N5O2.HI/c1-14-7-16(5-3-4-6-17)9-8(14)10(18)15(2)11(12)13-9;/h17H,3-7H2,1-2H3,(H2,12,13);1H. The molecule has 1 amide bonds. The molecule has 0 aromatic rings. The van der Waals surface area contributed by atoms with Crippen molar-refractivity contribution in [3.8, 4) is 0 Å². The summed E-state index contributed by atoms with van der Waals surface area (Å²) in [5, 5.41) is 8.80. The molecule has 8 heteroatoms. The van der Waals surface area contributed by atoms with Gasteiger partial charge in [0.25, 0.3) is 0 Å². The normalized spacial score (nSPS) is 22.4. The largest absolute Gasteiger partial charge is 1.00 e. The molecule has 108 valence electrons. The first-order chi connectivity index (χ1) is 8.56. The first kappa shape index (κ1) is 16.2. The molecule has 0 aromatic heterocycles. The van der Waals surface area contributed by atoms with Gasteiger partial charge < -0.3 is 44.6 Å². The minimum atomic E-state index is -0.0374. The summed E-state index contributed by atoms with van der Waals surface area (Å²) in [5.74, 6) is 0.939. The minimum absolute atomic E-state index is 0. The number of carbonyl (C=O) groups excluding carboxylic acids is 1. The summed E-state index contributed by atoms with van der Waals surface area (Å²) in [6, 6.07) is 0. The Labute approximate surface area is 129 Å². The monoisotopic (exact) mass is 381 g/mol. The summed E-state index contributed by atoms with van der Waals surface area (Å²) in [6.45, 7) is 1.60. The molecule has 19 heavy (non-hydrogen) atoms. The van der Waals surface area contributed by atoms with Crippen molar-refractivity contribution in [3.05, 3.63) is 11.5 Å². The van der Waals surface area contributed by atoms with Gasteiger partial charge in [0.1, 0.15) is 0 Å². The molecule has 2 heterocycles. The molecule has 0 radical (unpaired) electrons. The van der Waals surface area contributed by atoms with Gasteiger partial charge in [-0.1, -0.05) is 0 Å². The maximum absolute atomic E-state index is 12.1. The van der Waals surface area contributed by atoms with Crippen LogP contribution < -0.4 is 34.6 Å². The van der Waals surface area contributed by atoms with Gasteiger partial charge in [0.2, 0.25) is 0 Å². The average molecular weight is 381 g/mol. The highest BCUT2D eigenvalue weighted by Gasteiger charge is 2.40. The van der Waals surface area contributed by atoms with E-state index in [-0.39, 0.29) is 36.5 Å². The second-order valence-corrected chi connectivity index (χ2v) is 4.66. The summed E-state index contributed by atoms with van der Waals surface area (Å²) in [5.41, 5.74) is 6.39. The van der Waals surface area contributed by atoms with Crippen LogP contribution in [0, 0.1) is 0 Å². The first-order valence-corrected chi connectivity index (χ1v) is 6.10. The Morgan fingerprint density at radius 3 is 2.79 bits per heavy atom. The van der Waals surface area contributed by atoms with E-state index in [0.29, 0.717) is 29.0 Å². The lowest BCUT2D eigenvalue weighted by molar-refractivity contribution is -0.696. The first-order valence-electron chi connectivity index (χ1n) is 6.10. The lowest BCUT2D eigenvalue weighted by atomic mass is 10.3. The third-order valence-corrected chi connectivity index (χ3v) is 3.28. The number of quaternary nitrogens is 1. The van der Waals surface area contributed by atoms with Crippen LogP contribution in [0.2, 0.25) is 0 Å². The number of likely N-dealkylation sites (N-methyl/N-ethyl adjacent to an activating group) is 2. The highest BCUT2D eigenvalue weighted by atomic mass is 127. The highest BCUT2D eigenvalue weighted by molar-refractivity contribution is 5.96. The van der Waals surface area contributed by atoms with Gasteiger partial charge in [-0.2, -0.15) is 4.99 Å². The van der Waals surface area contributed by atoms with Crippen molar-refractivity contribution < 1.29 is 38.8 Å². The van der Waals surface area contributed by atoms with E-state index in [1.165, 1.54) is 0 Å². The van der Waals surface area contributed by atoms with Crippen molar-refractivity contribution >= 4 is 11.9 Å². The van der Waals surface area contributed by atoms with E-state index in [9.17, 15) is 4.79 Å². The van der Waals surface area contributed by atoms with Crippen molar-refractivity contribution in [1.29, 1.82) is 0 Å². The van der Waals surface area contributed by atoms with Crippen LogP contribution in [0.1, 0.15) is 12.8 Å². The number of aliphatic hydroxyl groups is 1. The van der Waals surface area contributed by atoms with E-state index in [1.807, 2.05) is 16.8 Å². The van der Waals surface area contributed by atoms with Crippen molar-refractivity contribution in [2.24, 2.45) is 10.7 Å². The van der Waals surface area contributed by atoms with Crippen LogP contribution in [0.4, 0.5) is 0 Å². The van der Waals surface area contributed by atoms with Crippen LogP contribution in [-0.2, 0) is 4.79 Å². The quantitative estimate of drug-likeness (QED) is 0.334. The molecule has 7 nitrogen and oxygen atoms in total. The summed E-state index contributed by atoms with van der Waals surface area (Å²) in [4.78, 5) is 20.9. The summed E-state index contributed by atoms with van der Waals surface area (Å²) in [6.07, 6.45) is 1.62. The molecule has 0 aromatic carbocycles. The van der Waals surface area contributed by atoms with Gasteiger partial charge in [0.15, 0.2) is 11.5 Å². The molecule has 1 unspecified atom stereocenters. The number of rotatable bonds is 4. The lowest BCUT2D eigenvalue weighted by Gasteiger charge is -2.20. The Balaban J connectivity index is 0.00000180. The van der Waals surface area contributed by atoms with Gasteiger partial charge >= 0.3 is 11.9 Å². The van der Waals surface area contributed by atoms with E-state index >= 15 is 0 Å². The molecular formula is C11H20IN5O2. The molecule has 0 aliphatic carbocycles. The second-order valence-electron chi connectivity index (χ2n) is 4.66. The molecule has 2 rings (SSSR count). The number of nitrogens with one attached hydrogen (secondary N) is 1. The minimum Gasteiger partial charge on any atom is -1.00 e. The van der Waals surface area contributed by atoms with Crippen LogP contribution in [0.3, 0.4) is 0 Å². The summed E-state index contributed by atoms with van der Waals surface area (Å²) in [7, 11) is 3.58. The number of aliphatic imine (C=N–C) groups is 1. The topological polar surface area (TPSA) is 86.6 Å². The third kappa shape index (κ3) is 3.00. The molecule has 2 aliphatic heterocycles. The fourth-order valence-corrected chi connectivity index (χ4v) is 2.20. The van der Waals surface area contributed by atoms with Gasteiger partial charge in [-0.3, -0.25) is 0 Å². The number of amides is 1. The Morgan fingerprint density at radius 1 is 1.47 bits per heavy atom. The SMILES string of the molecule is CN1CN(CCCCO)C2=C1C(=O)[NH+](C)C(N)=N2.[I-]. The molecule has 0 saturated heterocycles. The molecule has 1 atom stereocenters. The molecule has 0 spiro atoms. The highest BCUT2D eigenvalue weighted by Crippen LogP contribution is 2.24. The third-order valence-electron chi connectivity index (χ3n) is 3.28. The van der Waals surface area contributed by atoms with Gasteiger partial charge in [-0.15, -0.1) is 0 Å². The zero-order valence-corrected chi connectivity index (χ0v) is 13.3. The fraction of sp³-hybridized carbons (Fsp3) is 0.636. The Kier molecular flexibility index (Phi) is 5.56. The predicted molar refractivity (Wildman–Crippen MR) is 66.2 cm³/mol. The smallest absolute Gasteiger partial charge is 0.371 e. The van der Waals surface area contributed by atoms with E-state index in [2.05, 4.69) is 4.99 Å². The van der Waals surface area contributed by atoms with E-state index in [1.54, 1.807) is 7.05 Å².